The van der Waals surface area contributed by atoms with Gasteiger partial charge in [0.05, 0.1) is 12.7 Å². The van der Waals surface area contributed by atoms with E-state index in [-0.39, 0.29) is 17.1 Å². The van der Waals surface area contributed by atoms with Crippen LogP contribution in [-0.4, -0.2) is 19.4 Å². The zero-order chi connectivity index (χ0) is 14.8. The Labute approximate surface area is 122 Å². The van der Waals surface area contributed by atoms with Gasteiger partial charge >= 0.3 is 0 Å². The summed E-state index contributed by atoms with van der Waals surface area (Å²) in [6.45, 7) is 1.58. The minimum absolute atomic E-state index is 0.0567. The van der Waals surface area contributed by atoms with E-state index in [0.29, 0.717) is 5.56 Å². The first kappa shape index (κ1) is 13.8. The molecule has 0 aliphatic carbocycles. The van der Waals surface area contributed by atoms with Crippen molar-refractivity contribution in [3.8, 4) is 5.75 Å². The molecule has 0 fully saturated rings. The largest absolute Gasteiger partial charge is 0.494 e. The highest BCUT2D eigenvalue weighted by atomic mass is 19.1. The van der Waals surface area contributed by atoms with Crippen molar-refractivity contribution < 1.29 is 13.9 Å². The molecule has 2 aromatic carbocycles. The Morgan fingerprint density at radius 1 is 1.19 bits per heavy atom. The highest BCUT2D eigenvalue weighted by Crippen LogP contribution is 2.26. The number of halogens is 1. The average Bonchev–Trinajstić information content (AvgIpc) is 2.54. The lowest BCUT2D eigenvalue weighted by atomic mass is 9.91. The summed E-state index contributed by atoms with van der Waals surface area (Å²) in [5.74, 6) is -0.797. The van der Waals surface area contributed by atoms with Gasteiger partial charge in [-0.2, -0.15) is 0 Å². The quantitative estimate of drug-likeness (QED) is 0.881. The molecule has 1 aliphatic heterocycles. The molecule has 108 valence electrons. The molecule has 1 aliphatic rings. The molecule has 1 heterocycles. The fraction of sp³-hybridized carbons (Fsp3) is 0.235. The van der Waals surface area contributed by atoms with Crippen molar-refractivity contribution in [2.24, 2.45) is 0 Å². The second-order valence-corrected chi connectivity index (χ2v) is 5.02. The minimum atomic E-state index is -0.600. The van der Waals surface area contributed by atoms with Crippen LogP contribution >= 0.6 is 0 Å². The number of ether oxygens (including phenoxy) is 1. The monoisotopic (exact) mass is 285 g/mol. The maximum atomic E-state index is 14.3. The topological polar surface area (TPSA) is 38.3 Å². The van der Waals surface area contributed by atoms with E-state index in [4.69, 9.17) is 4.74 Å². The lowest BCUT2D eigenvalue weighted by Gasteiger charge is -2.20. The van der Waals surface area contributed by atoms with E-state index in [2.05, 4.69) is 5.32 Å². The van der Waals surface area contributed by atoms with E-state index < -0.39 is 5.82 Å². The van der Waals surface area contributed by atoms with Crippen molar-refractivity contribution in [3.05, 3.63) is 64.5 Å². The van der Waals surface area contributed by atoms with E-state index in [9.17, 15) is 9.18 Å². The second kappa shape index (κ2) is 5.66. The third kappa shape index (κ3) is 2.43. The molecule has 0 atom stereocenters. The molecule has 0 saturated carbocycles. The number of benzene rings is 2. The Bertz CT molecular complexity index is 697. The maximum absolute atomic E-state index is 14.3. The van der Waals surface area contributed by atoms with Gasteiger partial charge in [0.2, 0.25) is 0 Å². The average molecular weight is 285 g/mol. The van der Waals surface area contributed by atoms with Crippen LogP contribution in [0.3, 0.4) is 0 Å². The van der Waals surface area contributed by atoms with Crippen molar-refractivity contribution in [1.82, 2.24) is 5.32 Å². The van der Waals surface area contributed by atoms with Crippen molar-refractivity contribution in [1.29, 1.82) is 0 Å². The van der Waals surface area contributed by atoms with Gasteiger partial charge < -0.3 is 10.1 Å². The van der Waals surface area contributed by atoms with Gasteiger partial charge in [0.1, 0.15) is 0 Å². The van der Waals surface area contributed by atoms with Crippen LogP contribution in [0.2, 0.25) is 0 Å². The summed E-state index contributed by atoms with van der Waals surface area (Å²) in [6, 6.07) is 10.3. The van der Waals surface area contributed by atoms with Gasteiger partial charge in [0.25, 0.3) is 0 Å². The van der Waals surface area contributed by atoms with E-state index in [0.717, 1.165) is 30.6 Å². The number of carbonyl (C=O) groups excluding carboxylic acids is 1. The van der Waals surface area contributed by atoms with E-state index in [1.165, 1.54) is 19.2 Å². The van der Waals surface area contributed by atoms with Crippen LogP contribution in [0, 0.1) is 5.82 Å². The van der Waals surface area contributed by atoms with Gasteiger partial charge in [-0.1, -0.05) is 24.3 Å². The molecule has 2 aromatic rings. The SMILES string of the molecule is COc1cccc(C(=O)c2cccc3c2CCNC3)c1F. The van der Waals surface area contributed by atoms with Crippen LogP contribution in [0.1, 0.15) is 27.0 Å². The van der Waals surface area contributed by atoms with Crippen LogP contribution in [-0.2, 0) is 13.0 Å². The number of hydrogen-bond donors (Lipinski definition) is 1. The number of hydrogen-bond acceptors (Lipinski definition) is 3. The smallest absolute Gasteiger partial charge is 0.196 e. The first-order valence-corrected chi connectivity index (χ1v) is 6.91. The first-order valence-electron chi connectivity index (χ1n) is 6.91. The number of ketones is 1. The minimum Gasteiger partial charge on any atom is -0.494 e. The highest BCUT2D eigenvalue weighted by Gasteiger charge is 2.22. The molecule has 0 unspecified atom stereocenters. The van der Waals surface area contributed by atoms with E-state index in [1.54, 1.807) is 12.1 Å². The lowest BCUT2D eigenvalue weighted by Crippen LogP contribution is -2.25. The summed E-state index contributed by atoms with van der Waals surface area (Å²) in [5, 5.41) is 3.27. The number of carbonyl (C=O) groups is 1. The summed E-state index contributed by atoms with van der Waals surface area (Å²) in [4.78, 5) is 12.7. The fourth-order valence-electron chi connectivity index (χ4n) is 2.73. The second-order valence-electron chi connectivity index (χ2n) is 5.02. The predicted octanol–water partition coefficient (Wildman–Crippen LogP) is 2.71. The van der Waals surface area contributed by atoms with E-state index >= 15 is 0 Å². The number of rotatable bonds is 3. The molecular formula is C17H16FNO2. The van der Waals surface area contributed by atoms with Gasteiger partial charge in [-0.3, -0.25) is 4.79 Å². The van der Waals surface area contributed by atoms with Gasteiger partial charge in [-0.05, 0) is 36.2 Å². The molecule has 0 radical (unpaired) electrons. The van der Waals surface area contributed by atoms with E-state index in [1.807, 2.05) is 12.1 Å². The van der Waals surface area contributed by atoms with Gasteiger partial charge in [0, 0.05) is 12.1 Å². The molecule has 3 nitrogen and oxygen atoms in total. The highest BCUT2D eigenvalue weighted by molar-refractivity contribution is 6.10. The maximum Gasteiger partial charge on any atom is 0.196 e. The molecule has 4 heteroatoms. The molecule has 3 rings (SSSR count). The number of methoxy groups -OCH3 is 1. The molecule has 0 amide bonds. The zero-order valence-electron chi connectivity index (χ0n) is 11.8. The zero-order valence-corrected chi connectivity index (χ0v) is 11.8. The van der Waals surface area contributed by atoms with Crippen molar-refractivity contribution >= 4 is 5.78 Å². The molecular weight excluding hydrogens is 269 g/mol. The molecule has 0 bridgehead atoms. The predicted molar refractivity (Wildman–Crippen MR) is 78.2 cm³/mol. The molecule has 0 aromatic heterocycles. The Morgan fingerprint density at radius 3 is 2.76 bits per heavy atom. The summed E-state index contributed by atoms with van der Waals surface area (Å²) in [6.07, 6.45) is 0.781. The van der Waals surface area contributed by atoms with Crippen molar-refractivity contribution in [2.75, 3.05) is 13.7 Å². The first-order chi connectivity index (χ1) is 10.2. The third-order valence-corrected chi connectivity index (χ3v) is 3.81. The van der Waals surface area contributed by atoms with Crippen molar-refractivity contribution in [3.63, 3.8) is 0 Å². The summed E-state index contributed by atoms with van der Waals surface area (Å²) in [7, 11) is 1.39. The third-order valence-electron chi connectivity index (χ3n) is 3.81. The number of fused-ring (bicyclic) bond motifs is 1. The van der Waals surface area contributed by atoms with Crippen molar-refractivity contribution in [2.45, 2.75) is 13.0 Å². The normalized spacial score (nSPS) is 13.6. The molecule has 0 spiro atoms. The summed E-state index contributed by atoms with van der Waals surface area (Å²) < 4.78 is 19.2. The summed E-state index contributed by atoms with van der Waals surface area (Å²) in [5.41, 5.74) is 2.77. The van der Waals surface area contributed by atoms with Crippen LogP contribution in [0.4, 0.5) is 4.39 Å². The fourth-order valence-corrected chi connectivity index (χ4v) is 2.73. The lowest BCUT2D eigenvalue weighted by molar-refractivity contribution is 0.103. The van der Waals surface area contributed by atoms with Crippen LogP contribution in [0.25, 0.3) is 0 Å². The Kier molecular flexibility index (Phi) is 3.71. The van der Waals surface area contributed by atoms with Gasteiger partial charge in [-0.15, -0.1) is 0 Å². The standard InChI is InChI=1S/C17H16FNO2/c1-21-15-7-3-6-14(16(15)18)17(20)13-5-2-4-11-10-19-9-8-12(11)13/h2-7,19H,8-10H2,1H3. The Hall–Kier alpha value is -2.20. The molecule has 1 N–H and O–H groups in total. The van der Waals surface area contributed by atoms with Crippen LogP contribution in [0.5, 0.6) is 5.75 Å². The Morgan fingerprint density at radius 2 is 1.95 bits per heavy atom. The molecule has 21 heavy (non-hydrogen) atoms. The van der Waals surface area contributed by atoms with Gasteiger partial charge in [-0.25, -0.2) is 4.39 Å². The van der Waals surface area contributed by atoms with Crippen LogP contribution < -0.4 is 10.1 Å². The number of nitrogens with one attached hydrogen (secondary N) is 1. The molecule has 0 saturated heterocycles. The van der Waals surface area contributed by atoms with Gasteiger partial charge in [0.15, 0.2) is 17.3 Å². The Balaban J connectivity index is 2.07. The summed E-state index contributed by atoms with van der Waals surface area (Å²) >= 11 is 0. The van der Waals surface area contributed by atoms with Crippen LogP contribution in [0.15, 0.2) is 36.4 Å².